The zero-order valence-electron chi connectivity index (χ0n) is 11.7. The normalized spacial score (nSPS) is 12.1. The largest absolute Gasteiger partial charge is 0.379 e. The number of nitrogens with zero attached hydrogens (tertiary/aromatic N) is 1. The van der Waals surface area contributed by atoms with Crippen molar-refractivity contribution in [1.82, 2.24) is 10.2 Å². The minimum Gasteiger partial charge on any atom is -0.379 e. The minimum atomic E-state index is 0.278. The molecule has 0 bridgehead atoms. The van der Waals surface area contributed by atoms with Crippen molar-refractivity contribution < 1.29 is 0 Å². The van der Waals surface area contributed by atoms with Crippen molar-refractivity contribution in [3.63, 3.8) is 0 Å². The molecule has 0 aliphatic carbocycles. The second-order valence-electron chi connectivity index (χ2n) is 4.97. The van der Waals surface area contributed by atoms with Gasteiger partial charge in [0.2, 0.25) is 0 Å². The zero-order valence-corrected chi connectivity index (χ0v) is 13.8. The highest BCUT2D eigenvalue weighted by Crippen LogP contribution is 2.23. The Morgan fingerprint density at radius 3 is 2.33 bits per heavy atom. The van der Waals surface area contributed by atoms with Crippen LogP contribution in [-0.2, 0) is 0 Å². The summed E-state index contributed by atoms with van der Waals surface area (Å²) >= 11 is 2.32. The van der Waals surface area contributed by atoms with Crippen molar-refractivity contribution >= 4 is 28.3 Å². The third-order valence-electron chi connectivity index (χ3n) is 3.45. The molecule has 21 heavy (non-hydrogen) atoms. The van der Waals surface area contributed by atoms with Crippen LogP contribution in [0.2, 0.25) is 0 Å². The van der Waals surface area contributed by atoms with Crippen molar-refractivity contribution in [2.75, 3.05) is 5.32 Å². The van der Waals surface area contributed by atoms with E-state index >= 15 is 0 Å². The van der Waals surface area contributed by atoms with E-state index in [9.17, 15) is 0 Å². The van der Waals surface area contributed by atoms with Crippen LogP contribution in [0.15, 0.2) is 60.8 Å². The maximum absolute atomic E-state index is 3.97. The predicted molar refractivity (Wildman–Crippen MR) is 95.2 cm³/mol. The number of nitrogens with one attached hydrogen (secondary N) is 2. The summed E-state index contributed by atoms with van der Waals surface area (Å²) < 4.78 is 1.26. The predicted octanol–water partition coefficient (Wildman–Crippen LogP) is 4.85. The number of H-pyrrole nitrogens is 1. The van der Waals surface area contributed by atoms with Crippen LogP contribution in [0.25, 0.3) is 11.3 Å². The molecule has 0 radical (unpaired) electrons. The molecule has 3 nitrogen and oxygen atoms in total. The molecule has 1 atom stereocenters. The molecule has 0 saturated heterocycles. The van der Waals surface area contributed by atoms with E-state index in [0.29, 0.717) is 0 Å². The average Bonchev–Trinajstić information content (AvgIpc) is 3.03. The highest BCUT2D eigenvalue weighted by Gasteiger charge is 2.05. The third kappa shape index (κ3) is 3.44. The number of hydrogen-bond acceptors (Lipinski definition) is 2. The Morgan fingerprint density at radius 1 is 1.00 bits per heavy atom. The maximum atomic E-state index is 3.97. The molecule has 2 N–H and O–H groups in total. The van der Waals surface area contributed by atoms with E-state index < -0.39 is 0 Å². The van der Waals surface area contributed by atoms with Gasteiger partial charge in [-0.3, -0.25) is 5.10 Å². The smallest absolute Gasteiger partial charge is 0.0650 e. The van der Waals surface area contributed by atoms with E-state index in [-0.39, 0.29) is 6.04 Å². The Morgan fingerprint density at radius 2 is 1.71 bits per heavy atom. The monoisotopic (exact) mass is 389 g/mol. The summed E-state index contributed by atoms with van der Waals surface area (Å²) in [5.41, 5.74) is 4.57. The molecule has 1 unspecified atom stereocenters. The molecule has 0 aliphatic heterocycles. The van der Waals surface area contributed by atoms with Crippen molar-refractivity contribution in [3.05, 3.63) is 69.9 Å². The molecule has 0 spiro atoms. The van der Waals surface area contributed by atoms with E-state index in [2.05, 4.69) is 93.6 Å². The van der Waals surface area contributed by atoms with E-state index in [1.54, 1.807) is 6.20 Å². The Kier molecular flexibility index (Phi) is 4.24. The van der Waals surface area contributed by atoms with Gasteiger partial charge in [-0.2, -0.15) is 5.10 Å². The second kappa shape index (κ2) is 6.30. The van der Waals surface area contributed by atoms with Gasteiger partial charge in [-0.1, -0.05) is 24.3 Å². The topological polar surface area (TPSA) is 40.7 Å². The molecule has 1 heterocycles. The van der Waals surface area contributed by atoms with Gasteiger partial charge in [0.25, 0.3) is 0 Å². The van der Waals surface area contributed by atoms with Crippen LogP contribution in [0, 0.1) is 3.57 Å². The molecular weight excluding hydrogens is 373 g/mol. The molecule has 0 saturated carbocycles. The lowest BCUT2D eigenvalue weighted by Crippen LogP contribution is -2.06. The second-order valence-corrected chi connectivity index (χ2v) is 6.21. The highest BCUT2D eigenvalue weighted by atomic mass is 127. The quantitative estimate of drug-likeness (QED) is 0.626. The fourth-order valence-corrected chi connectivity index (χ4v) is 2.61. The van der Waals surface area contributed by atoms with Crippen molar-refractivity contribution in [3.8, 4) is 11.3 Å². The lowest BCUT2D eigenvalue weighted by molar-refractivity contribution is 0.884. The number of halogens is 1. The van der Waals surface area contributed by atoms with Gasteiger partial charge >= 0.3 is 0 Å². The summed E-state index contributed by atoms with van der Waals surface area (Å²) in [6.45, 7) is 2.17. The molecule has 1 aromatic heterocycles. The molecule has 2 aromatic carbocycles. The van der Waals surface area contributed by atoms with Gasteiger partial charge in [0.15, 0.2) is 0 Å². The first-order chi connectivity index (χ1) is 10.2. The van der Waals surface area contributed by atoms with Gasteiger partial charge in [0.1, 0.15) is 0 Å². The number of anilines is 1. The maximum Gasteiger partial charge on any atom is 0.0650 e. The molecule has 0 aliphatic rings. The van der Waals surface area contributed by atoms with Crippen LogP contribution < -0.4 is 5.32 Å². The standard InChI is InChI=1S/C17H16IN3/c1-12(13-2-6-15(18)7-3-13)20-16-8-4-14(5-9-16)17-10-11-19-21-17/h2-12,20H,1H3,(H,19,21). The van der Waals surface area contributed by atoms with Gasteiger partial charge in [0, 0.05) is 21.5 Å². The number of aromatic amines is 1. The molecule has 106 valence electrons. The number of hydrogen-bond donors (Lipinski definition) is 2. The van der Waals surface area contributed by atoms with Crippen LogP contribution >= 0.6 is 22.6 Å². The van der Waals surface area contributed by atoms with Gasteiger partial charge in [-0.15, -0.1) is 0 Å². The Balaban J connectivity index is 1.71. The highest BCUT2D eigenvalue weighted by molar-refractivity contribution is 14.1. The number of benzene rings is 2. The first-order valence-electron chi connectivity index (χ1n) is 6.84. The van der Waals surface area contributed by atoms with Crippen LogP contribution in [0.4, 0.5) is 5.69 Å². The number of rotatable bonds is 4. The van der Waals surface area contributed by atoms with Gasteiger partial charge < -0.3 is 5.32 Å². The molecule has 0 amide bonds. The van der Waals surface area contributed by atoms with Gasteiger partial charge in [-0.05, 0) is 71.0 Å². The lowest BCUT2D eigenvalue weighted by Gasteiger charge is -2.16. The van der Waals surface area contributed by atoms with E-state index in [1.807, 2.05) is 6.07 Å². The van der Waals surface area contributed by atoms with Crippen molar-refractivity contribution in [2.24, 2.45) is 0 Å². The summed E-state index contributed by atoms with van der Waals surface area (Å²) in [6, 6.07) is 19.2. The van der Waals surface area contributed by atoms with Crippen molar-refractivity contribution in [1.29, 1.82) is 0 Å². The van der Waals surface area contributed by atoms with Crippen LogP contribution in [-0.4, -0.2) is 10.2 Å². The summed E-state index contributed by atoms with van der Waals surface area (Å²) in [5, 5.41) is 10.5. The minimum absolute atomic E-state index is 0.278. The van der Waals surface area contributed by atoms with Gasteiger partial charge in [0.05, 0.1) is 5.69 Å². The van der Waals surface area contributed by atoms with Crippen molar-refractivity contribution in [2.45, 2.75) is 13.0 Å². The first-order valence-corrected chi connectivity index (χ1v) is 7.92. The molecular formula is C17H16IN3. The molecule has 3 rings (SSSR count). The fraction of sp³-hybridized carbons (Fsp3) is 0.118. The van der Waals surface area contributed by atoms with E-state index in [4.69, 9.17) is 0 Å². The SMILES string of the molecule is CC(Nc1ccc(-c2ccn[nH]2)cc1)c1ccc(I)cc1. The molecule has 0 fully saturated rings. The van der Waals surface area contributed by atoms with Crippen LogP contribution in [0.3, 0.4) is 0 Å². The summed E-state index contributed by atoms with van der Waals surface area (Å²) in [5.74, 6) is 0. The average molecular weight is 389 g/mol. The lowest BCUT2D eigenvalue weighted by atomic mass is 10.1. The van der Waals surface area contributed by atoms with Crippen LogP contribution in [0.1, 0.15) is 18.5 Å². The summed E-state index contributed by atoms with van der Waals surface area (Å²) in [6.07, 6.45) is 1.76. The van der Waals surface area contributed by atoms with E-state index in [1.165, 1.54) is 9.13 Å². The van der Waals surface area contributed by atoms with E-state index in [0.717, 1.165) is 16.9 Å². The Bertz CT molecular complexity index is 688. The molecule has 4 heteroatoms. The Labute approximate surface area is 137 Å². The zero-order chi connectivity index (χ0) is 14.7. The van der Waals surface area contributed by atoms with Crippen LogP contribution in [0.5, 0.6) is 0 Å². The molecule has 3 aromatic rings. The third-order valence-corrected chi connectivity index (χ3v) is 4.17. The summed E-state index contributed by atoms with van der Waals surface area (Å²) in [4.78, 5) is 0. The Hall–Kier alpha value is -1.82. The fourth-order valence-electron chi connectivity index (χ4n) is 2.25. The van der Waals surface area contributed by atoms with Gasteiger partial charge in [-0.25, -0.2) is 0 Å². The number of aromatic nitrogens is 2. The first kappa shape index (κ1) is 14.1. The summed E-state index contributed by atoms with van der Waals surface area (Å²) in [7, 11) is 0.